The fourth-order valence-electron chi connectivity index (χ4n) is 3.51. The molecule has 0 fully saturated rings. The van der Waals surface area contributed by atoms with Gasteiger partial charge < -0.3 is 4.90 Å². The first-order valence-corrected chi connectivity index (χ1v) is 9.11. The van der Waals surface area contributed by atoms with E-state index in [9.17, 15) is 8.42 Å². The van der Waals surface area contributed by atoms with E-state index in [1.165, 1.54) is 22.0 Å². The molecule has 0 amide bonds. The van der Waals surface area contributed by atoms with E-state index in [1.54, 1.807) is 0 Å². The Hall–Kier alpha value is -1.59. The second kappa shape index (κ2) is 5.25. The number of rotatable bonds is 4. The summed E-state index contributed by atoms with van der Waals surface area (Å²) in [5.41, 5.74) is 2.53. The Morgan fingerprint density at radius 3 is 2.64 bits per heavy atom. The third kappa shape index (κ3) is 2.83. The van der Waals surface area contributed by atoms with E-state index in [4.69, 9.17) is 4.55 Å². The second-order valence-corrected chi connectivity index (χ2v) is 8.20. The molecule has 1 heterocycles. The first kappa shape index (κ1) is 15.3. The van der Waals surface area contributed by atoms with Gasteiger partial charge in [-0.2, -0.15) is 8.42 Å². The Kier molecular flexibility index (Phi) is 3.65. The number of anilines is 1. The van der Waals surface area contributed by atoms with Crippen LogP contribution in [0.4, 0.5) is 5.69 Å². The Morgan fingerprint density at radius 2 is 1.91 bits per heavy atom. The fourth-order valence-corrected chi connectivity index (χ4v) is 4.01. The molecule has 0 spiro atoms. The van der Waals surface area contributed by atoms with E-state index >= 15 is 0 Å². The Morgan fingerprint density at radius 1 is 1.18 bits per heavy atom. The Balaban J connectivity index is 1.95. The largest absolute Gasteiger partial charge is 0.370 e. The molecule has 1 N–H and O–H groups in total. The van der Waals surface area contributed by atoms with Gasteiger partial charge in [0.1, 0.15) is 0 Å². The molecule has 0 atom stereocenters. The van der Waals surface area contributed by atoms with Crippen LogP contribution < -0.4 is 4.90 Å². The molecular weight excluding hydrogens is 298 g/mol. The summed E-state index contributed by atoms with van der Waals surface area (Å²) in [6.07, 6.45) is 0.432. The lowest BCUT2D eigenvalue weighted by molar-refractivity contribution is 0.480. The highest BCUT2D eigenvalue weighted by molar-refractivity contribution is 7.85. The molecule has 1 aliphatic rings. The highest BCUT2D eigenvalue weighted by atomic mass is 32.2. The summed E-state index contributed by atoms with van der Waals surface area (Å²) in [5, 5.41) is 2.50. The molecule has 5 heteroatoms. The molecule has 0 bridgehead atoms. The predicted octanol–water partition coefficient (Wildman–Crippen LogP) is 3.22. The maximum Gasteiger partial charge on any atom is 0.264 e. The van der Waals surface area contributed by atoms with Gasteiger partial charge in [-0.3, -0.25) is 4.55 Å². The van der Waals surface area contributed by atoms with Crippen molar-refractivity contribution in [2.24, 2.45) is 0 Å². The minimum atomic E-state index is -3.88. The summed E-state index contributed by atoms with van der Waals surface area (Å²) in [4.78, 5) is 2.23. The van der Waals surface area contributed by atoms with Gasteiger partial charge in [-0.25, -0.2) is 0 Å². The van der Waals surface area contributed by atoms with E-state index in [2.05, 4.69) is 49.1 Å². The van der Waals surface area contributed by atoms with Crippen molar-refractivity contribution < 1.29 is 13.0 Å². The second-order valence-electron chi connectivity index (χ2n) is 6.63. The van der Waals surface area contributed by atoms with E-state index in [0.717, 1.165) is 6.54 Å². The van der Waals surface area contributed by atoms with Crippen LogP contribution in [0.15, 0.2) is 36.4 Å². The number of hydrogen-bond acceptors (Lipinski definition) is 3. The van der Waals surface area contributed by atoms with Crippen molar-refractivity contribution >= 4 is 26.6 Å². The molecule has 2 aromatic carbocycles. The lowest BCUT2D eigenvalue weighted by atomic mass is 9.84. The van der Waals surface area contributed by atoms with Gasteiger partial charge in [-0.15, -0.1) is 0 Å². The smallest absolute Gasteiger partial charge is 0.264 e. The molecule has 0 saturated heterocycles. The van der Waals surface area contributed by atoms with Crippen molar-refractivity contribution in [1.29, 1.82) is 0 Å². The van der Waals surface area contributed by atoms with Crippen LogP contribution in [0.5, 0.6) is 0 Å². The lowest BCUT2D eigenvalue weighted by Gasteiger charge is -2.22. The molecule has 3 rings (SSSR count). The van der Waals surface area contributed by atoms with Gasteiger partial charge >= 0.3 is 0 Å². The van der Waals surface area contributed by atoms with E-state index in [0.29, 0.717) is 13.0 Å². The van der Waals surface area contributed by atoms with Gasteiger partial charge in [0, 0.05) is 24.2 Å². The molecule has 0 aromatic heterocycles. The van der Waals surface area contributed by atoms with Gasteiger partial charge in [0.15, 0.2) is 0 Å². The third-order valence-corrected chi connectivity index (χ3v) is 5.15. The molecule has 118 valence electrons. The Bertz CT molecular complexity index is 812. The zero-order valence-corrected chi connectivity index (χ0v) is 13.7. The van der Waals surface area contributed by atoms with Crippen LogP contribution in [-0.4, -0.2) is 31.8 Å². The number of fused-ring (bicyclic) bond motifs is 3. The van der Waals surface area contributed by atoms with Crippen molar-refractivity contribution in [2.45, 2.75) is 25.7 Å². The van der Waals surface area contributed by atoms with Crippen molar-refractivity contribution in [3.8, 4) is 0 Å². The summed E-state index contributed by atoms with van der Waals surface area (Å²) in [6.45, 7) is 5.94. The third-order valence-electron chi connectivity index (χ3n) is 4.34. The predicted molar refractivity (Wildman–Crippen MR) is 90.2 cm³/mol. The summed E-state index contributed by atoms with van der Waals surface area (Å²) in [6, 6.07) is 12.6. The van der Waals surface area contributed by atoms with Crippen LogP contribution in [0.1, 0.15) is 25.8 Å². The standard InChI is InChI=1S/C17H21NO3S/c1-17(2)12-18(10-5-11-22(19,20)21)15-9-8-13-6-3-4-7-14(13)16(15)17/h3-4,6-9H,5,10-12H2,1-2H3,(H,19,20,21). The summed E-state index contributed by atoms with van der Waals surface area (Å²) < 4.78 is 30.7. The minimum Gasteiger partial charge on any atom is -0.370 e. The zero-order valence-electron chi connectivity index (χ0n) is 12.9. The molecular formula is C17H21NO3S. The number of nitrogens with zero attached hydrogens (tertiary/aromatic N) is 1. The van der Waals surface area contributed by atoms with Gasteiger partial charge in [0.25, 0.3) is 10.1 Å². The fraction of sp³-hybridized carbons (Fsp3) is 0.412. The van der Waals surface area contributed by atoms with Gasteiger partial charge in [0.2, 0.25) is 0 Å². The maximum atomic E-state index is 10.9. The average molecular weight is 319 g/mol. The SMILES string of the molecule is CC1(C)CN(CCCS(=O)(=O)O)c2ccc3ccccc3c21. The quantitative estimate of drug-likeness (QED) is 0.879. The molecule has 4 nitrogen and oxygen atoms in total. The highest BCUT2D eigenvalue weighted by Gasteiger charge is 2.36. The number of hydrogen-bond donors (Lipinski definition) is 1. The maximum absolute atomic E-state index is 10.9. The van der Waals surface area contributed by atoms with Gasteiger partial charge in [-0.1, -0.05) is 44.2 Å². The van der Waals surface area contributed by atoms with E-state index in [1.807, 2.05) is 6.07 Å². The van der Waals surface area contributed by atoms with Crippen LogP contribution >= 0.6 is 0 Å². The minimum absolute atomic E-state index is 0.0221. The van der Waals surface area contributed by atoms with Crippen LogP contribution in [0.25, 0.3) is 10.8 Å². The topological polar surface area (TPSA) is 57.6 Å². The van der Waals surface area contributed by atoms with Crippen LogP contribution in [0, 0.1) is 0 Å². The molecule has 2 aromatic rings. The average Bonchev–Trinajstić information content (AvgIpc) is 2.69. The van der Waals surface area contributed by atoms with Crippen LogP contribution in [0.2, 0.25) is 0 Å². The molecule has 0 aliphatic carbocycles. The molecule has 22 heavy (non-hydrogen) atoms. The van der Waals surface area contributed by atoms with Gasteiger partial charge in [0.05, 0.1) is 5.75 Å². The van der Waals surface area contributed by atoms with Crippen molar-refractivity contribution in [2.75, 3.05) is 23.7 Å². The van der Waals surface area contributed by atoms with E-state index < -0.39 is 10.1 Å². The summed E-state index contributed by atoms with van der Waals surface area (Å²) in [5.74, 6) is -0.188. The lowest BCUT2D eigenvalue weighted by Crippen LogP contribution is -2.30. The van der Waals surface area contributed by atoms with Crippen molar-refractivity contribution in [1.82, 2.24) is 0 Å². The molecule has 1 aliphatic heterocycles. The first-order valence-electron chi connectivity index (χ1n) is 7.50. The van der Waals surface area contributed by atoms with Crippen molar-refractivity contribution in [3.63, 3.8) is 0 Å². The zero-order chi connectivity index (χ0) is 16.0. The van der Waals surface area contributed by atoms with Gasteiger partial charge in [-0.05, 0) is 28.8 Å². The monoisotopic (exact) mass is 319 g/mol. The Labute approximate surface area is 131 Å². The normalized spacial score (nSPS) is 17.0. The molecule has 0 saturated carbocycles. The van der Waals surface area contributed by atoms with Crippen LogP contribution in [0.3, 0.4) is 0 Å². The number of benzene rings is 2. The van der Waals surface area contributed by atoms with Crippen molar-refractivity contribution in [3.05, 3.63) is 42.0 Å². The highest BCUT2D eigenvalue weighted by Crippen LogP contribution is 2.44. The summed E-state index contributed by atoms with van der Waals surface area (Å²) >= 11 is 0. The molecule has 0 unspecified atom stereocenters. The summed E-state index contributed by atoms with van der Waals surface area (Å²) in [7, 11) is -3.88. The first-order chi connectivity index (χ1) is 10.3. The van der Waals surface area contributed by atoms with Crippen LogP contribution in [-0.2, 0) is 15.5 Å². The van der Waals surface area contributed by atoms with E-state index in [-0.39, 0.29) is 11.2 Å². The molecule has 0 radical (unpaired) electrons.